The van der Waals surface area contributed by atoms with E-state index < -0.39 is 0 Å². The van der Waals surface area contributed by atoms with E-state index in [4.69, 9.17) is 5.73 Å². The summed E-state index contributed by atoms with van der Waals surface area (Å²) in [6, 6.07) is 2.88. The van der Waals surface area contributed by atoms with Crippen molar-refractivity contribution in [2.45, 2.75) is 45.2 Å². The van der Waals surface area contributed by atoms with Gasteiger partial charge in [-0.15, -0.1) is 0 Å². The molecule has 0 spiro atoms. The molecule has 1 aliphatic heterocycles. The topological polar surface area (TPSA) is 67.1 Å². The number of anilines is 2. The molecule has 18 heavy (non-hydrogen) atoms. The quantitative estimate of drug-likeness (QED) is 0.830. The molecule has 5 heteroatoms. The maximum Gasteiger partial charge on any atom is 0.134 e. The number of rotatable bonds is 5. The van der Waals surface area contributed by atoms with Crippen LogP contribution >= 0.6 is 0 Å². The Morgan fingerprint density at radius 2 is 2.39 bits per heavy atom. The van der Waals surface area contributed by atoms with Crippen molar-refractivity contribution in [1.29, 1.82) is 0 Å². The number of nitrogens with one attached hydrogen (secondary N) is 1. The number of hydrogen-bond acceptors (Lipinski definition) is 5. The molecule has 2 unspecified atom stereocenters. The summed E-state index contributed by atoms with van der Waals surface area (Å²) in [7, 11) is 0. The Morgan fingerprint density at radius 1 is 1.56 bits per heavy atom. The fraction of sp³-hybridized carbons (Fsp3) is 0.692. The van der Waals surface area contributed by atoms with E-state index in [2.05, 4.69) is 34.0 Å². The Bertz CT molecular complexity index is 381. The molecule has 0 aliphatic carbocycles. The number of nitrogens with zero attached hydrogens (tertiary/aromatic N) is 3. The minimum atomic E-state index is 0.427. The molecule has 0 saturated carbocycles. The standard InChI is InChI=1S/C13H23N5/c1-3-10(2)17-12-7-13(16-9-15-12)18-6-4-5-11(18)8-14/h7,9-11H,3-6,8,14H2,1-2H3,(H,15,16,17). The SMILES string of the molecule is CCC(C)Nc1cc(N2CCCC2CN)ncn1. The maximum atomic E-state index is 5.80. The normalized spacial score (nSPS) is 21.1. The molecule has 100 valence electrons. The second kappa shape index (κ2) is 6.00. The average molecular weight is 249 g/mol. The molecule has 5 nitrogen and oxygen atoms in total. The minimum Gasteiger partial charge on any atom is -0.367 e. The first kappa shape index (κ1) is 13.1. The molecule has 1 aliphatic rings. The van der Waals surface area contributed by atoms with Crippen LogP contribution in [0.25, 0.3) is 0 Å². The van der Waals surface area contributed by atoms with E-state index in [0.717, 1.165) is 31.0 Å². The first-order chi connectivity index (χ1) is 8.74. The zero-order valence-electron chi connectivity index (χ0n) is 11.3. The average Bonchev–Trinajstić information content (AvgIpc) is 2.87. The van der Waals surface area contributed by atoms with Crippen LogP contribution in [0.15, 0.2) is 12.4 Å². The van der Waals surface area contributed by atoms with Gasteiger partial charge in [-0.2, -0.15) is 0 Å². The summed E-state index contributed by atoms with van der Waals surface area (Å²) < 4.78 is 0. The highest BCUT2D eigenvalue weighted by Gasteiger charge is 2.24. The summed E-state index contributed by atoms with van der Waals surface area (Å²) in [5.74, 6) is 1.89. The molecule has 0 aromatic carbocycles. The van der Waals surface area contributed by atoms with Crippen molar-refractivity contribution >= 4 is 11.6 Å². The molecule has 2 heterocycles. The van der Waals surface area contributed by atoms with E-state index >= 15 is 0 Å². The monoisotopic (exact) mass is 249 g/mol. The molecule has 1 saturated heterocycles. The summed E-state index contributed by atoms with van der Waals surface area (Å²) >= 11 is 0. The fourth-order valence-corrected chi connectivity index (χ4v) is 2.32. The van der Waals surface area contributed by atoms with Crippen LogP contribution in [-0.2, 0) is 0 Å². The predicted octanol–water partition coefficient (Wildman–Crippen LogP) is 1.61. The first-order valence-electron chi connectivity index (χ1n) is 6.80. The third-order valence-corrected chi connectivity index (χ3v) is 3.60. The third kappa shape index (κ3) is 2.90. The van der Waals surface area contributed by atoms with Crippen LogP contribution in [0.1, 0.15) is 33.1 Å². The van der Waals surface area contributed by atoms with E-state index in [-0.39, 0.29) is 0 Å². The lowest BCUT2D eigenvalue weighted by molar-refractivity contribution is 0.670. The second-order valence-corrected chi connectivity index (χ2v) is 4.94. The molecule has 1 fully saturated rings. The zero-order valence-corrected chi connectivity index (χ0v) is 11.3. The molecule has 2 rings (SSSR count). The maximum absolute atomic E-state index is 5.80. The zero-order chi connectivity index (χ0) is 13.0. The molecule has 0 bridgehead atoms. The number of hydrogen-bond donors (Lipinski definition) is 2. The van der Waals surface area contributed by atoms with Gasteiger partial charge in [-0.1, -0.05) is 6.92 Å². The molecule has 1 aromatic heterocycles. The smallest absolute Gasteiger partial charge is 0.134 e. The van der Waals surface area contributed by atoms with Crippen LogP contribution in [-0.4, -0.2) is 35.1 Å². The van der Waals surface area contributed by atoms with Gasteiger partial charge in [0.05, 0.1) is 0 Å². The highest BCUT2D eigenvalue weighted by molar-refractivity contribution is 5.50. The van der Waals surface area contributed by atoms with Gasteiger partial charge in [-0.3, -0.25) is 0 Å². The third-order valence-electron chi connectivity index (χ3n) is 3.60. The van der Waals surface area contributed by atoms with Gasteiger partial charge in [-0.25, -0.2) is 9.97 Å². The summed E-state index contributed by atoms with van der Waals surface area (Å²) in [5.41, 5.74) is 5.80. The van der Waals surface area contributed by atoms with Crippen LogP contribution in [0.2, 0.25) is 0 Å². The highest BCUT2D eigenvalue weighted by Crippen LogP contribution is 2.24. The molecule has 1 aromatic rings. The van der Waals surface area contributed by atoms with Gasteiger partial charge >= 0.3 is 0 Å². The van der Waals surface area contributed by atoms with Crippen molar-refractivity contribution in [3.05, 3.63) is 12.4 Å². The van der Waals surface area contributed by atoms with E-state index in [1.807, 2.05) is 6.07 Å². The Hall–Kier alpha value is -1.36. The van der Waals surface area contributed by atoms with E-state index in [0.29, 0.717) is 18.6 Å². The van der Waals surface area contributed by atoms with Gasteiger partial charge in [0, 0.05) is 31.2 Å². The highest BCUT2D eigenvalue weighted by atomic mass is 15.2. The van der Waals surface area contributed by atoms with Crippen molar-refractivity contribution in [1.82, 2.24) is 9.97 Å². The van der Waals surface area contributed by atoms with Crippen molar-refractivity contribution < 1.29 is 0 Å². The largest absolute Gasteiger partial charge is 0.367 e. The van der Waals surface area contributed by atoms with Crippen LogP contribution in [0, 0.1) is 0 Å². The van der Waals surface area contributed by atoms with Crippen molar-refractivity contribution in [3.63, 3.8) is 0 Å². The van der Waals surface area contributed by atoms with Crippen LogP contribution in [0.4, 0.5) is 11.6 Å². The Kier molecular flexibility index (Phi) is 4.36. The van der Waals surface area contributed by atoms with Gasteiger partial charge in [0.2, 0.25) is 0 Å². The summed E-state index contributed by atoms with van der Waals surface area (Å²) in [4.78, 5) is 10.9. The van der Waals surface area contributed by atoms with Gasteiger partial charge in [-0.05, 0) is 26.2 Å². The van der Waals surface area contributed by atoms with Gasteiger partial charge < -0.3 is 16.0 Å². The Balaban J connectivity index is 2.11. The van der Waals surface area contributed by atoms with E-state index in [1.54, 1.807) is 6.33 Å². The van der Waals surface area contributed by atoms with Crippen molar-refractivity contribution in [2.75, 3.05) is 23.3 Å². The van der Waals surface area contributed by atoms with Crippen LogP contribution < -0.4 is 16.0 Å². The van der Waals surface area contributed by atoms with Crippen LogP contribution in [0.3, 0.4) is 0 Å². The predicted molar refractivity (Wildman–Crippen MR) is 74.8 cm³/mol. The van der Waals surface area contributed by atoms with Gasteiger partial charge in [0.25, 0.3) is 0 Å². The van der Waals surface area contributed by atoms with Crippen LogP contribution in [0.5, 0.6) is 0 Å². The van der Waals surface area contributed by atoms with Gasteiger partial charge in [0.15, 0.2) is 0 Å². The fourth-order valence-electron chi connectivity index (χ4n) is 2.32. The van der Waals surface area contributed by atoms with Crippen molar-refractivity contribution in [2.24, 2.45) is 5.73 Å². The second-order valence-electron chi connectivity index (χ2n) is 4.94. The number of nitrogens with two attached hydrogens (primary N) is 1. The molecule has 0 amide bonds. The lowest BCUT2D eigenvalue weighted by Crippen LogP contribution is -2.36. The summed E-state index contributed by atoms with van der Waals surface area (Å²) in [6.45, 7) is 6.05. The summed E-state index contributed by atoms with van der Waals surface area (Å²) in [6.07, 6.45) is 5.06. The lowest BCUT2D eigenvalue weighted by atomic mass is 10.2. The summed E-state index contributed by atoms with van der Waals surface area (Å²) in [5, 5.41) is 3.38. The Morgan fingerprint density at radius 3 is 3.11 bits per heavy atom. The molecular formula is C13H23N5. The molecule has 3 N–H and O–H groups in total. The lowest BCUT2D eigenvalue weighted by Gasteiger charge is -2.25. The van der Waals surface area contributed by atoms with E-state index in [1.165, 1.54) is 6.42 Å². The minimum absolute atomic E-state index is 0.427. The first-order valence-corrected chi connectivity index (χ1v) is 6.80. The van der Waals surface area contributed by atoms with Gasteiger partial charge in [0.1, 0.15) is 18.0 Å². The molecule has 0 radical (unpaired) electrons. The molecular weight excluding hydrogens is 226 g/mol. The Labute approximate surface area is 109 Å². The molecule has 2 atom stereocenters. The van der Waals surface area contributed by atoms with E-state index in [9.17, 15) is 0 Å². The number of aromatic nitrogens is 2. The van der Waals surface area contributed by atoms with Crippen molar-refractivity contribution in [3.8, 4) is 0 Å².